The van der Waals surface area contributed by atoms with Gasteiger partial charge in [-0.25, -0.2) is 19.3 Å². The fraction of sp³-hybridized carbons (Fsp3) is 0.0952. The molecule has 3 aromatic heterocycles. The molecule has 10 nitrogen and oxygen atoms in total. The molecule has 0 atom stereocenters. The molecule has 3 N–H and O–H groups in total. The number of methoxy groups -OCH3 is 1. The number of aromatic carboxylic acids is 1. The zero-order chi connectivity index (χ0) is 22.3. The van der Waals surface area contributed by atoms with Crippen molar-refractivity contribution in [2.75, 3.05) is 12.8 Å². The van der Waals surface area contributed by atoms with Crippen molar-refractivity contribution in [1.82, 2.24) is 19.3 Å². The number of carboxylic acids is 1. The van der Waals surface area contributed by atoms with Crippen molar-refractivity contribution >= 4 is 28.7 Å². The number of hydrogen-bond acceptors (Lipinski definition) is 7. The van der Waals surface area contributed by atoms with Gasteiger partial charge in [0.2, 0.25) is 0 Å². The van der Waals surface area contributed by atoms with Gasteiger partial charge in [0.15, 0.2) is 17.0 Å². The van der Waals surface area contributed by atoms with Gasteiger partial charge in [0.05, 0.1) is 23.7 Å². The number of aryl methyl sites for hydroxylation is 1. The van der Waals surface area contributed by atoms with Crippen molar-refractivity contribution in [2.45, 2.75) is 0 Å². The van der Waals surface area contributed by atoms with Crippen molar-refractivity contribution in [3.8, 4) is 22.9 Å². The summed E-state index contributed by atoms with van der Waals surface area (Å²) in [4.78, 5) is 28.3. The van der Waals surface area contributed by atoms with Crippen LogP contribution in [0.5, 0.6) is 0 Å². The van der Waals surface area contributed by atoms with E-state index in [1.807, 2.05) is 6.07 Å². The first kappa shape index (κ1) is 19.7. The Hall–Kier alpha value is -4.65. The van der Waals surface area contributed by atoms with E-state index in [1.54, 1.807) is 43.6 Å². The van der Waals surface area contributed by atoms with E-state index in [2.05, 4.69) is 10.1 Å². The van der Waals surface area contributed by atoms with Crippen LogP contribution in [-0.4, -0.2) is 43.5 Å². The minimum absolute atomic E-state index is 0.0199. The normalized spacial score (nSPS) is 10.7. The fourth-order valence-corrected chi connectivity index (χ4v) is 3.51. The summed E-state index contributed by atoms with van der Waals surface area (Å²) in [5.74, 6) is -1.85. The van der Waals surface area contributed by atoms with Gasteiger partial charge in [0.1, 0.15) is 6.07 Å². The minimum Gasteiger partial charge on any atom is -0.476 e. The molecule has 0 aliphatic rings. The number of nitriles is 1. The third-order valence-corrected chi connectivity index (χ3v) is 4.91. The Balaban J connectivity index is 1.96. The van der Waals surface area contributed by atoms with Gasteiger partial charge in [-0.1, -0.05) is 12.1 Å². The summed E-state index contributed by atoms with van der Waals surface area (Å²) >= 11 is 0. The average Bonchev–Trinajstić information content (AvgIpc) is 3.30. The molecule has 0 unspecified atom stereocenters. The van der Waals surface area contributed by atoms with Crippen molar-refractivity contribution in [3.05, 3.63) is 59.7 Å². The van der Waals surface area contributed by atoms with Gasteiger partial charge in [-0.2, -0.15) is 10.4 Å². The molecule has 0 spiro atoms. The van der Waals surface area contributed by atoms with E-state index in [0.717, 1.165) is 0 Å². The molecule has 31 heavy (non-hydrogen) atoms. The van der Waals surface area contributed by atoms with Crippen LogP contribution in [-0.2, 0) is 11.8 Å². The van der Waals surface area contributed by atoms with Crippen LogP contribution in [0.15, 0.2) is 42.7 Å². The summed E-state index contributed by atoms with van der Waals surface area (Å²) in [5, 5.41) is 23.4. The molecule has 0 saturated heterocycles. The quantitative estimate of drug-likeness (QED) is 0.482. The lowest BCUT2D eigenvalue weighted by Crippen LogP contribution is -2.11. The maximum absolute atomic E-state index is 12.3. The summed E-state index contributed by atoms with van der Waals surface area (Å²) in [6.07, 6.45) is 3.02. The number of ether oxygens (including phenoxy) is 1. The molecule has 0 fully saturated rings. The van der Waals surface area contributed by atoms with Crippen molar-refractivity contribution in [1.29, 1.82) is 5.26 Å². The van der Waals surface area contributed by atoms with Crippen molar-refractivity contribution < 1.29 is 19.4 Å². The van der Waals surface area contributed by atoms with Gasteiger partial charge in [-0.3, -0.25) is 0 Å². The van der Waals surface area contributed by atoms with Gasteiger partial charge in [0, 0.05) is 25.1 Å². The van der Waals surface area contributed by atoms with Crippen molar-refractivity contribution in [2.24, 2.45) is 7.05 Å². The molecule has 0 radical (unpaired) electrons. The van der Waals surface area contributed by atoms with Crippen LogP contribution in [0, 0.1) is 11.3 Å². The highest BCUT2D eigenvalue weighted by molar-refractivity contribution is 6.07. The zero-order valence-electron chi connectivity index (χ0n) is 16.5. The second-order valence-corrected chi connectivity index (χ2v) is 6.66. The Kier molecular flexibility index (Phi) is 4.63. The van der Waals surface area contributed by atoms with Crippen LogP contribution in [0.3, 0.4) is 0 Å². The largest absolute Gasteiger partial charge is 0.476 e. The number of fused-ring (bicyclic) bond motifs is 1. The Labute approximate surface area is 175 Å². The highest BCUT2D eigenvalue weighted by atomic mass is 16.5. The predicted molar refractivity (Wildman–Crippen MR) is 111 cm³/mol. The first-order chi connectivity index (χ1) is 14.9. The lowest BCUT2D eigenvalue weighted by Gasteiger charge is -2.11. The molecule has 4 aromatic rings. The Morgan fingerprint density at radius 3 is 2.74 bits per heavy atom. The predicted octanol–water partition coefficient (Wildman–Crippen LogP) is 2.36. The minimum atomic E-state index is -1.17. The number of anilines is 1. The molecule has 154 valence electrons. The van der Waals surface area contributed by atoms with Crippen LogP contribution in [0.1, 0.15) is 26.5 Å². The summed E-state index contributed by atoms with van der Waals surface area (Å²) in [6.45, 7) is 0. The number of pyridine rings is 1. The lowest BCUT2D eigenvalue weighted by atomic mass is 10.0. The Bertz CT molecular complexity index is 1410. The molecule has 0 aliphatic heterocycles. The molecule has 0 saturated carbocycles. The Morgan fingerprint density at radius 1 is 1.29 bits per heavy atom. The number of aromatic nitrogens is 4. The number of hydrogen-bond donors (Lipinski definition) is 2. The van der Waals surface area contributed by atoms with E-state index in [-0.39, 0.29) is 22.6 Å². The van der Waals surface area contributed by atoms with Gasteiger partial charge >= 0.3 is 11.9 Å². The van der Waals surface area contributed by atoms with Gasteiger partial charge in [-0.15, -0.1) is 0 Å². The van der Waals surface area contributed by atoms with E-state index < -0.39 is 11.9 Å². The number of nitrogens with two attached hydrogens (primary N) is 1. The molecule has 0 aliphatic carbocycles. The summed E-state index contributed by atoms with van der Waals surface area (Å²) in [7, 11) is 2.85. The lowest BCUT2D eigenvalue weighted by molar-refractivity contribution is 0.0592. The smallest absolute Gasteiger partial charge is 0.357 e. The molecule has 1 aromatic carbocycles. The topological polar surface area (TPSA) is 149 Å². The van der Waals surface area contributed by atoms with Gasteiger partial charge in [0.25, 0.3) is 0 Å². The fourth-order valence-electron chi connectivity index (χ4n) is 3.51. The molecular formula is C21H16N6O4. The maximum atomic E-state index is 12.3. The van der Waals surface area contributed by atoms with E-state index in [0.29, 0.717) is 27.8 Å². The van der Waals surface area contributed by atoms with Crippen LogP contribution < -0.4 is 5.73 Å². The molecule has 10 heteroatoms. The second-order valence-electron chi connectivity index (χ2n) is 6.66. The molecule has 0 bridgehead atoms. The number of carbonyl (C=O) groups is 2. The first-order valence-corrected chi connectivity index (χ1v) is 9.02. The highest BCUT2D eigenvalue weighted by Crippen LogP contribution is 2.32. The van der Waals surface area contributed by atoms with Crippen molar-refractivity contribution in [3.63, 3.8) is 0 Å². The van der Waals surface area contributed by atoms with E-state index in [4.69, 9.17) is 10.5 Å². The van der Waals surface area contributed by atoms with Gasteiger partial charge in [-0.05, 0) is 29.3 Å². The molecule has 4 rings (SSSR count). The third-order valence-electron chi connectivity index (χ3n) is 4.91. The number of rotatable bonds is 4. The highest BCUT2D eigenvalue weighted by Gasteiger charge is 2.23. The monoisotopic (exact) mass is 416 g/mol. The number of nitrogen functional groups attached to an aromatic ring is 1. The number of nitrogens with zero attached hydrogens (tertiary/aromatic N) is 5. The number of carbonyl (C=O) groups excluding carboxylic acids is 1. The van der Waals surface area contributed by atoms with E-state index in [9.17, 15) is 20.0 Å². The van der Waals surface area contributed by atoms with Crippen LogP contribution in [0.2, 0.25) is 0 Å². The van der Waals surface area contributed by atoms with E-state index >= 15 is 0 Å². The zero-order valence-corrected chi connectivity index (χ0v) is 16.5. The first-order valence-electron chi connectivity index (χ1n) is 9.02. The standard InChI is InChI=1S/C21H16N6O4/c1-26-19-15(17(25-26)20(28)29)14(6-7-24-19)11-4-3-5-13(8-11)27-10-12(9-22)16(23)18(27)21(30)31-2/h3-8,10H,23H2,1-2H3,(H,28,29). The Morgan fingerprint density at radius 2 is 2.06 bits per heavy atom. The van der Waals surface area contributed by atoms with Crippen LogP contribution >= 0.6 is 0 Å². The average molecular weight is 416 g/mol. The number of carboxylic acid groups (broad SMARTS) is 1. The van der Waals surface area contributed by atoms with E-state index in [1.165, 1.54) is 22.6 Å². The summed E-state index contributed by atoms with van der Waals surface area (Å²) in [5.41, 5.74) is 8.29. The van der Waals surface area contributed by atoms with Gasteiger partial charge < -0.3 is 20.1 Å². The number of esters is 1. The molecule has 0 amide bonds. The number of benzene rings is 1. The summed E-state index contributed by atoms with van der Waals surface area (Å²) < 4.78 is 7.71. The van der Waals surface area contributed by atoms with Crippen LogP contribution in [0.4, 0.5) is 5.69 Å². The molecular weight excluding hydrogens is 400 g/mol. The summed E-state index contributed by atoms with van der Waals surface area (Å²) in [6, 6.07) is 10.7. The second kappa shape index (κ2) is 7.31. The SMILES string of the molecule is COC(=O)c1c(N)c(C#N)cn1-c1cccc(-c2ccnc3c2c(C(=O)O)nn3C)c1. The molecule has 3 heterocycles. The van der Waals surface area contributed by atoms with Crippen LogP contribution in [0.25, 0.3) is 27.8 Å². The third kappa shape index (κ3) is 3.05. The maximum Gasteiger partial charge on any atom is 0.357 e.